The highest BCUT2D eigenvalue weighted by atomic mass is 32.2. The highest BCUT2D eigenvalue weighted by Gasteiger charge is 2.34. The number of nitrogens with zero attached hydrogens (tertiary/aromatic N) is 1. The van der Waals surface area contributed by atoms with E-state index in [0.29, 0.717) is 17.2 Å². The molecule has 2 unspecified atom stereocenters. The van der Waals surface area contributed by atoms with Gasteiger partial charge in [-0.15, -0.1) is 0 Å². The first kappa shape index (κ1) is 15.3. The van der Waals surface area contributed by atoms with Gasteiger partial charge in [-0.1, -0.05) is 31.9 Å². The smallest absolute Gasteiger partial charge is 0.245 e. The van der Waals surface area contributed by atoms with E-state index in [1.807, 2.05) is 0 Å². The van der Waals surface area contributed by atoms with Crippen LogP contribution in [0.1, 0.15) is 38.2 Å². The number of nitrogens with two attached hydrogens (primary N) is 1. The highest BCUT2D eigenvalue weighted by Crippen LogP contribution is 2.33. The molecule has 0 saturated heterocycles. The molecule has 20 heavy (non-hydrogen) atoms. The minimum Gasteiger partial charge on any atom is -0.398 e. The van der Waals surface area contributed by atoms with Crippen LogP contribution in [-0.2, 0) is 10.0 Å². The zero-order chi connectivity index (χ0) is 14.9. The Kier molecular flexibility index (Phi) is 4.39. The number of hydrogen-bond acceptors (Lipinski definition) is 3. The summed E-state index contributed by atoms with van der Waals surface area (Å²) in [4.78, 5) is 0.264. The first-order valence-electron chi connectivity index (χ1n) is 7.19. The fourth-order valence-corrected chi connectivity index (χ4v) is 4.99. The molecule has 0 aromatic heterocycles. The van der Waals surface area contributed by atoms with E-state index in [-0.39, 0.29) is 10.9 Å². The molecule has 2 N–H and O–H groups in total. The molecule has 1 aromatic rings. The molecule has 0 amide bonds. The second kappa shape index (κ2) is 5.74. The predicted octanol–water partition coefficient (Wildman–Crippen LogP) is 2.78. The van der Waals surface area contributed by atoms with Crippen molar-refractivity contribution in [1.82, 2.24) is 4.31 Å². The lowest BCUT2D eigenvalue weighted by Gasteiger charge is -2.35. The Labute approximate surface area is 122 Å². The van der Waals surface area contributed by atoms with E-state index in [2.05, 4.69) is 6.92 Å². The Morgan fingerprint density at radius 2 is 1.90 bits per heavy atom. The summed E-state index contributed by atoms with van der Waals surface area (Å²) in [5, 5.41) is 0. The highest BCUT2D eigenvalue weighted by molar-refractivity contribution is 7.89. The van der Waals surface area contributed by atoms with Gasteiger partial charge in [-0.2, -0.15) is 4.31 Å². The normalized spacial score (nSPS) is 24.0. The Morgan fingerprint density at radius 1 is 1.25 bits per heavy atom. The summed E-state index contributed by atoms with van der Waals surface area (Å²) in [6.45, 7) is 3.93. The van der Waals surface area contributed by atoms with E-state index in [1.54, 1.807) is 32.2 Å². The number of rotatable bonds is 3. The molecule has 0 bridgehead atoms. The van der Waals surface area contributed by atoms with Crippen molar-refractivity contribution < 1.29 is 8.42 Å². The van der Waals surface area contributed by atoms with E-state index in [0.717, 1.165) is 19.3 Å². The number of benzene rings is 1. The maximum Gasteiger partial charge on any atom is 0.245 e. The Hall–Kier alpha value is -1.07. The molecule has 0 heterocycles. The van der Waals surface area contributed by atoms with Gasteiger partial charge in [0.15, 0.2) is 0 Å². The van der Waals surface area contributed by atoms with Crippen molar-refractivity contribution in [2.75, 3.05) is 12.8 Å². The molecule has 0 radical (unpaired) electrons. The Bertz CT molecular complexity index is 563. The van der Waals surface area contributed by atoms with Crippen LogP contribution in [0.2, 0.25) is 0 Å². The van der Waals surface area contributed by atoms with Gasteiger partial charge in [0.05, 0.1) is 5.69 Å². The molecule has 112 valence electrons. The first-order chi connectivity index (χ1) is 9.35. The summed E-state index contributed by atoms with van der Waals surface area (Å²) in [5.74, 6) is 0.397. The van der Waals surface area contributed by atoms with Gasteiger partial charge in [0, 0.05) is 13.1 Å². The molecule has 1 fully saturated rings. The second-order valence-electron chi connectivity index (χ2n) is 5.84. The predicted molar refractivity (Wildman–Crippen MR) is 82.0 cm³/mol. The van der Waals surface area contributed by atoms with Gasteiger partial charge in [-0.05, 0) is 37.3 Å². The van der Waals surface area contributed by atoms with Gasteiger partial charge >= 0.3 is 0 Å². The molecule has 4 nitrogen and oxygen atoms in total. The minimum absolute atomic E-state index is 0.0766. The van der Waals surface area contributed by atoms with Crippen LogP contribution in [0.15, 0.2) is 23.1 Å². The maximum absolute atomic E-state index is 12.9. The van der Waals surface area contributed by atoms with Gasteiger partial charge in [0.2, 0.25) is 10.0 Å². The SMILES string of the molecule is Cc1cccc(N)c1S(=O)(=O)N(C)C1CCCCC1C. The molecule has 1 aromatic carbocycles. The third kappa shape index (κ3) is 2.69. The van der Waals surface area contributed by atoms with Crippen LogP contribution in [0.5, 0.6) is 0 Å². The molecule has 5 heteroatoms. The van der Waals surface area contributed by atoms with Gasteiger partial charge in [-0.3, -0.25) is 0 Å². The maximum atomic E-state index is 12.9. The lowest BCUT2D eigenvalue weighted by atomic mass is 9.86. The zero-order valence-electron chi connectivity index (χ0n) is 12.5. The van der Waals surface area contributed by atoms with Gasteiger partial charge < -0.3 is 5.73 Å². The largest absolute Gasteiger partial charge is 0.398 e. The van der Waals surface area contributed by atoms with Crippen molar-refractivity contribution in [2.45, 2.75) is 50.5 Å². The fraction of sp³-hybridized carbons (Fsp3) is 0.600. The molecule has 1 aliphatic rings. The summed E-state index contributed by atoms with van der Waals surface area (Å²) >= 11 is 0. The third-order valence-corrected chi connectivity index (χ3v) is 6.52. The summed E-state index contributed by atoms with van der Waals surface area (Å²) in [5.41, 5.74) is 6.95. The van der Waals surface area contributed by atoms with E-state index < -0.39 is 10.0 Å². The van der Waals surface area contributed by atoms with E-state index >= 15 is 0 Å². The molecule has 0 spiro atoms. The minimum atomic E-state index is -3.52. The quantitative estimate of drug-likeness (QED) is 0.872. The van der Waals surface area contributed by atoms with E-state index in [4.69, 9.17) is 5.73 Å². The number of aryl methyl sites for hydroxylation is 1. The number of sulfonamides is 1. The number of hydrogen-bond donors (Lipinski definition) is 1. The average molecular weight is 296 g/mol. The monoisotopic (exact) mass is 296 g/mol. The molecular formula is C15H24N2O2S. The lowest BCUT2D eigenvalue weighted by molar-refractivity contribution is 0.213. The average Bonchev–Trinajstić information content (AvgIpc) is 2.38. The van der Waals surface area contributed by atoms with Crippen LogP contribution in [-0.4, -0.2) is 25.8 Å². The number of nitrogen functional groups attached to an aromatic ring is 1. The molecule has 1 saturated carbocycles. The summed E-state index contributed by atoms with van der Waals surface area (Å²) in [7, 11) is -1.84. The molecule has 0 aliphatic heterocycles. The molecular weight excluding hydrogens is 272 g/mol. The number of anilines is 1. The Morgan fingerprint density at radius 3 is 2.50 bits per heavy atom. The summed E-state index contributed by atoms with van der Waals surface area (Å²) in [6, 6.07) is 5.31. The summed E-state index contributed by atoms with van der Waals surface area (Å²) in [6.07, 6.45) is 4.31. The van der Waals surface area contributed by atoms with Crippen LogP contribution < -0.4 is 5.73 Å². The van der Waals surface area contributed by atoms with Crippen LogP contribution in [0.3, 0.4) is 0 Å². The topological polar surface area (TPSA) is 63.4 Å². The second-order valence-corrected chi connectivity index (χ2v) is 7.78. The third-order valence-electron chi connectivity index (χ3n) is 4.41. The van der Waals surface area contributed by atoms with Crippen LogP contribution in [0, 0.1) is 12.8 Å². The van der Waals surface area contributed by atoms with Gasteiger partial charge in [-0.25, -0.2) is 8.42 Å². The molecule has 2 atom stereocenters. The zero-order valence-corrected chi connectivity index (χ0v) is 13.3. The van der Waals surface area contributed by atoms with Crippen molar-refractivity contribution in [3.63, 3.8) is 0 Å². The van der Waals surface area contributed by atoms with Crippen molar-refractivity contribution in [2.24, 2.45) is 5.92 Å². The van der Waals surface area contributed by atoms with E-state index in [9.17, 15) is 8.42 Å². The lowest BCUT2D eigenvalue weighted by Crippen LogP contribution is -2.42. The van der Waals surface area contributed by atoms with Crippen LogP contribution in [0.25, 0.3) is 0 Å². The van der Waals surface area contributed by atoms with Gasteiger partial charge in [0.25, 0.3) is 0 Å². The van der Waals surface area contributed by atoms with Crippen molar-refractivity contribution in [1.29, 1.82) is 0 Å². The Balaban J connectivity index is 2.39. The van der Waals surface area contributed by atoms with Crippen molar-refractivity contribution in [3.05, 3.63) is 23.8 Å². The van der Waals surface area contributed by atoms with Gasteiger partial charge in [0.1, 0.15) is 4.90 Å². The standard InChI is InChI=1S/C15H24N2O2S/c1-11-7-4-5-10-14(11)17(3)20(18,19)15-12(2)8-6-9-13(15)16/h6,8-9,11,14H,4-5,7,10,16H2,1-3H3. The summed E-state index contributed by atoms with van der Waals surface area (Å²) < 4.78 is 27.3. The van der Waals surface area contributed by atoms with Crippen molar-refractivity contribution in [3.8, 4) is 0 Å². The molecule has 1 aliphatic carbocycles. The fourth-order valence-electron chi connectivity index (χ4n) is 3.19. The van der Waals surface area contributed by atoms with Crippen LogP contribution >= 0.6 is 0 Å². The molecule has 2 rings (SSSR count). The first-order valence-corrected chi connectivity index (χ1v) is 8.63. The van der Waals surface area contributed by atoms with Crippen molar-refractivity contribution >= 4 is 15.7 Å². The van der Waals surface area contributed by atoms with Crippen LogP contribution in [0.4, 0.5) is 5.69 Å². The van der Waals surface area contributed by atoms with E-state index in [1.165, 1.54) is 10.7 Å².